The lowest BCUT2D eigenvalue weighted by Gasteiger charge is -2.19. The fourth-order valence-corrected chi connectivity index (χ4v) is 2.07. The number of carbonyl (C=O) groups is 1. The fourth-order valence-electron chi connectivity index (χ4n) is 1.71. The minimum Gasteiger partial charge on any atom is -0.351 e. The number of rotatable bonds is 7. The number of aromatic nitrogens is 1. The maximum atomic E-state index is 11.8. The largest absolute Gasteiger partial charge is 0.351 e. The van der Waals surface area contributed by atoms with Gasteiger partial charge in [0.2, 0.25) is 0 Å². The van der Waals surface area contributed by atoms with E-state index >= 15 is 0 Å². The lowest BCUT2D eigenvalue weighted by atomic mass is 10.2. The first-order chi connectivity index (χ1) is 8.67. The van der Waals surface area contributed by atoms with Gasteiger partial charge < -0.3 is 10.2 Å². The molecule has 0 radical (unpaired) electrons. The Labute approximate surface area is 117 Å². The highest BCUT2D eigenvalue weighted by atomic mass is 79.9. The highest BCUT2D eigenvalue weighted by Gasteiger charge is 2.06. The third-order valence-electron chi connectivity index (χ3n) is 2.67. The van der Waals surface area contributed by atoms with E-state index in [9.17, 15) is 4.79 Å². The van der Waals surface area contributed by atoms with E-state index in [0.717, 1.165) is 30.5 Å². The first-order valence-corrected chi connectivity index (χ1v) is 7.07. The Morgan fingerprint density at radius 2 is 2.17 bits per heavy atom. The van der Waals surface area contributed by atoms with E-state index in [4.69, 9.17) is 0 Å². The van der Waals surface area contributed by atoms with Crippen LogP contribution in [0.5, 0.6) is 0 Å². The molecule has 1 N–H and O–H groups in total. The summed E-state index contributed by atoms with van der Waals surface area (Å²) in [5, 5.41) is 2.91. The molecule has 0 saturated carbocycles. The topological polar surface area (TPSA) is 45.2 Å². The Kier molecular flexibility index (Phi) is 6.90. The summed E-state index contributed by atoms with van der Waals surface area (Å²) >= 11 is 3.30. The number of hydrogen-bond acceptors (Lipinski definition) is 3. The van der Waals surface area contributed by atoms with E-state index in [-0.39, 0.29) is 5.91 Å². The van der Waals surface area contributed by atoms with Crippen molar-refractivity contribution in [1.82, 2.24) is 15.2 Å². The minimum absolute atomic E-state index is 0.0728. The van der Waals surface area contributed by atoms with Crippen LogP contribution in [-0.2, 0) is 0 Å². The molecule has 0 saturated heterocycles. The van der Waals surface area contributed by atoms with Crippen molar-refractivity contribution in [1.29, 1.82) is 0 Å². The summed E-state index contributed by atoms with van der Waals surface area (Å²) in [5.74, 6) is -0.0728. The number of amides is 1. The average Bonchev–Trinajstić information content (AvgIpc) is 2.37. The maximum absolute atomic E-state index is 11.8. The number of hydrogen-bond donors (Lipinski definition) is 1. The molecule has 0 atom stereocenters. The van der Waals surface area contributed by atoms with Crippen molar-refractivity contribution in [2.24, 2.45) is 0 Å². The summed E-state index contributed by atoms with van der Waals surface area (Å²) in [6.45, 7) is 7.94. The predicted molar refractivity (Wildman–Crippen MR) is 76.7 cm³/mol. The zero-order valence-electron chi connectivity index (χ0n) is 10.9. The van der Waals surface area contributed by atoms with Gasteiger partial charge >= 0.3 is 0 Å². The molecular formula is C13H20BrN3O. The molecule has 1 rings (SSSR count). The molecule has 1 heterocycles. The van der Waals surface area contributed by atoms with Gasteiger partial charge in [0.15, 0.2) is 0 Å². The molecule has 1 aromatic rings. The first-order valence-electron chi connectivity index (χ1n) is 6.28. The number of pyridine rings is 1. The molecule has 0 unspecified atom stereocenters. The number of likely N-dealkylation sites (N-methyl/N-ethyl adjacent to an activating group) is 1. The summed E-state index contributed by atoms with van der Waals surface area (Å²) in [6, 6.07) is 1.77. The fraction of sp³-hybridized carbons (Fsp3) is 0.538. The van der Waals surface area contributed by atoms with Crippen LogP contribution < -0.4 is 5.32 Å². The third kappa shape index (κ3) is 5.14. The smallest absolute Gasteiger partial charge is 0.252 e. The molecule has 0 fully saturated rings. The second-order valence-electron chi connectivity index (χ2n) is 4.08. The van der Waals surface area contributed by atoms with E-state index in [1.54, 1.807) is 18.5 Å². The van der Waals surface area contributed by atoms with Crippen molar-refractivity contribution in [3.63, 3.8) is 0 Å². The molecule has 0 aliphatic heterocycles. The molecule has 0 spiro atoms. The lowest BCUT2D eigenvalue weighted by molar-refractivity contribution is 0.0948. The molecular weight excluding hydrogens is 294 g/mol. The van der Waals surface area contributed by atoms with E-state index in [2.05, 4.69) is 45.0 Å². The molecule has 100 valence electrons. The second-order valence-corrected chi connectivity index (χ2v) is 5.00. The number of nitrogens with zero attached hydrogens (tertiary/aromatic N) is 2. The van der Waals surface area contributed by atoms with Crippen LogP contribution in [0.25, 0.3) is 0 Å². The average molecular weight is 314 g/mol. The molecule has 1 aromatic heterocycles. The van der Waals surface area contributed by atoms with Crippen LogP contribution in [0.3, 0.4) is 0 Å². The Balaban J connectivity index is 2.37. The van der Waals surface area contributed by atoms with Crippen LogP contribution in [0.2, 0.25) is 0 Å². The van der Waals surface area contributed by atoms with Gasteiger partial charge in [-0.3, -0.25) is 9.78 Å². The van der Waals surface area contributed by atoms with Crippen LogP contribution in [0.1, 0.15) is 30.6 Å². The van der Waals surface area contributed by atoms with Crippen LogP contribution in [0.15, 0.2) is 22.9 Å². The molecule has 0 bridgehead atoms. The molecule has 5 heteroatoms. The van der Waals surface area contributed by atoms with Crippen molar-refractivity contribution in [3.05, 3.63) is 28.5 Å². The van der Waals surface area contributed by atoms with Crippen LogP contribution in [0, 0.1) is 0 Å². The molecule has 0 aliphatic carbocycles. The van der Waals surface area contributed by atoms with E-state index in [1.165, 1.54) is 0 Å². The van der Waals surface area contributed by atoms with Gasteiger partial charge in [-0.25, -0.2) is 0 Å². The Morgan fingerprint density at radius 3 is 2.78 bits per heavy atom. The second kappa shape index (κ2) is 8.21. The molecule has 4 nitrogen and oxygen atoms in total. The van der Waals surface area contributed by atoms with Crippen molar-refractivity contribution in [2.75, 3.05) is 26.2 Å². The Morgan fingerprint density at radius 1 is 1.39 bits per heavy atom. The lowest BCUT2D eigenvalue weighted by Crippen LogP contribution is -2.35. The maximum Gasteiger partial charge on any atom is 0.252 e. The molecule has 0 aliphatic rings. The summed E-state index contributed by atoms with van der Waals surface area (Å²) < 4.78 is 0.816. The quantitative estimate of drug-likeness (QED) is 0.840. The SMILES string of the molecule is CCCN(CC)CCNC(=O)c1cncc(Br)c1. The number of halogens is 1. The van der Waals surface area contributed by atoms with Crippen LogP contribution >= 0.6 is 15.9 Å². The van der Waals surface area contributed by atoms with E-state index in [0.29, 0.717) is 12.1 Å². The zero-order valence-corrected chi connectivity index (χ0v) is 12.5. The number of carbonyl (C=O) groups excluding carboxylic acids is 1. The van der Waals surface area contributed by atoms with Gasteiger partial charge in [-0.2, -0.15) is 0 Å². The predicted octanol–water partition coefficient (Wildman–Crippen LogP) is 2.31. The van der Waals surface area contributed by atoms with Crippen molar-refractivity contribution in [3.8, 4) is 0 Å². The summed E-state index contributed by atoms with van der Waals surface area (Å²) in [5.41, 5.74) is 0.586. The Hall–Kier alpha value is -0.940. The Bertz CT molecular complexity index is 384. The van der Waals surface area contributed by atoms with Crippen molar-refractivity contribution >= 4 is 21.8 Å². The minimum atomic E-state index is -0.0728. The van der Waals surface area contributed by atoms with Gasteiger partial charge in [-0.05, 0) is 41.5 Å². The summed E-state index contributed by atoms with van der Waals surface area (Å²) in [4.78, 5) is 18.1. The first kappa shape index (κ1) is 15.1. The van der Waals surface area contributed by atoms with Gasteiger partial charge in [0.1, 0.15) is 0 Å². The van der Waals surface area contributed by atoms with Crippen LogP contribution in [-0.4, -0.2) is 42.0 Å². The molecule has 18 heavy (non-hydrogen) atoms. The molecule has 1 amide bonds. The summed E-state index contributed by atoms with van der Waals surface area (Å²) in [7, 11) is 0. The van der Waals surface area contributed by atoms with Gasteiger partial charge in [0.05, 0.1) is 5.56 Å². The summed E-state index contributed by atoms with van der Waals surface area (Å²) in [6.07, 6.45) is 4.37. The van der Waals surface area contributed by atoms with Gasteiger partial charge in [0.25, 0.3) is 5.91 Å². The van der Waals surface area contributed by atoms with Crippen molar-refractivity contribution < 1.29 is 4.79 Å². The monoisotopic (exact) mass is 313 g/mol. The standard InChI is InChI=1S/C13H20BrN3O/c1-3-6-17(4-2)7-5-16-13(18)11-8-12(14)10-15-9-11/h8-10H,3-7H2,1-2H3,(H,16,18). The van der Waals surface area contributed by atoms with Gasteiger partial charge in [0, 0.05) is 30.0 Å². The molecule has 0 aromatic carbocycles. The van der Waals surface area contributed by atoms with Crippen molar-refractivity contribution in [2.45, 2.75) is 20.3 Å². The zero-order chi connectivity index (χ0) is 13.4. The normalized spacial score (nSPS) is 10.7. The van der Waals surface area contributed by atoms with E-state index < -0.39 is 0 Å². The van der Waals surface area contributed by atoms with Gasteiger partial charge in [-0.1, -0.05) is 13.8 Å². The highest BCUT2D eigenvalue weighted by molar-refractivity contribution is 9.10. The van der Waals surface area contributed by atoms with Crippen LogP contribution in [0.4, 0.5) is 0 Å². The third-order valence-corrected chi connectivity index (χ3v) is 3.10. The number of nitrogens with one attached hydrogen (secondary N) is 1. The highest BCUT2D eigenvalue weighted by Crippen LogP contribution is 2.09. The van der Waals surface area contributed by atoms with E-state index in [1.807, 2.05) is 0 Å². The van der Waals surface area contributed by atoms with Gasteiger partial charge in [-0.15, -0.1) is 0 Å².